The second kappa shape index (κ2) is 10.4. The van der Waals surface area contributed by atoms with Gasteiger partial charge in [0.05, 0.1) is 5.71 Å². The van der Waals surface area contributed by atoms with Crippen molar-refractivity contribution in [1.29, 1.82) is 0 Å². The third-order valence-corrected chi connectivity index (χ3v) is 10.4. The molecule has 10 heteroatoms. The van der Waals surface area contributed by atoms with Gasteiger partial charge in [-0.15, -0.1) is 0 Å². The van der Waals surface area contributed by atoms with Gasteiger partial charge in [-0.1, -0.05) is 24.6 Å². The summed E-state index contributed by atoms with van der Waals surface area (Å²) < 4.78 is 0. The summed E-state index contributed by atoms with van der Waals surface area (Å²) >= 11 is 0. The molecule has 0 aliphatic heterocycles. The van der Waals surface area contributed by atoms with Gasteiger partial charge in [-0.05, 0) is 94.0 Å². The highest BCUT2D eigenvalue weighted by atomic mass is 16.6. The number of carbonyl (C=O) groups is 4. The first-order valence-corrected chi connectivity index (χ1v) is 13.7. The number of hydrogen-bond donors (Lipinski definition) is 4. The standard InChI is InChI=1S/C28H40N2O8/c1-16(31)28(37)13-10-21-19-5-4-17-14-18(8-11-26(17,2)20(19)9-12-27(21,28)3)30-38-15-23(32)29-22(25(35)36)6-7-24(33)34/h14,19-22,37H,4-13,15H2,1-3H3,(H,29,32)(H,33,34)(H,35,36)/b30-18-/t19-,20+,21+,22-,26+,27+,28-/m1/s1. The number of carboxylic acids is 2. The van der Waals surface area contributed by atoms with Crippen molar-refractivity contribution >= 4 is 29.3 Å². The predicted octanol–water partition coefficient (Wildman–Crippen LogP) is 3.08. The molecule has 4 aliphatic carbocycles. The molecule has 3 fully saturated rings. The number of aliphatic carboxylic acids is 2. The van der Waals surface area contributed by atoms with Crippen LogP contribution in [0.2, 0.25) is 0 Å². The first-order valence-electron chi connectivity index (χ1n) is 13.7. The largest absolute Gasteiger partial charge is 0.481 e. The fourth-order valence-electron chi connectivity index (χ4n) is 8.17. The van der Waals surface area contributed by atoms with E-state index in [1.54, 1.807) is 0 Å². The Bertz CT molecular complexity index is 1070. The minimum absolute atomic E-state index is 0.0242. The molecule has 0 aromatic rings. The molecule has 3 saturated carbocycles. The summed E-state index contributed by atoms with van der Waals surface area (Å²) in [7, 11) is 0. The Kier molecular flexibility index (Phi) is 7.76. The van der Waals surface area contributed by atoms with Crippen molar-refractivity contribution in [2.75, 3.05) is 6.61 Å². The summed E-state index contributed by atoms with van der Waals surface area (Å²) in [5, 5.41) is 35.7. The second-order valence-electron chi connectivity index (χ2n) is 12.2. The first kappa shape index (κ1) is 28.3. The molecule has 38 heavy (non-hydrogen) atoms. The van der Waals surface area contributed by atoms with Crippen LogP contribution < -0.4 is 5.32 Å². The number of aliphatic hydroxyl groups is 1. The lowest BCUT2D eigenvalue weighted by Gasteiger charge is -2.59. The lowest BCUT2D eigenvalue weighted by atomic mass is 9.46. The minimum atomic E-state index is -1.30. The molecule has 0 heterocycles. The van der Waals surface area contributed by atoms with E-state index in [9.17, 15) is 29.4 Å². The molecule has 4 rings (SSSR count). The van der Waals surface area contributed by atoms with Gasteiger partial charge >= 0.3 is 11.9 Å². The van der Waals surface area contributed by atoms with Crippen molar-refractivity contribution in [3.8, 4) is 0 Å². The maximum Gasteiger partial charge on any atom is 0.326 e. The van der Waals surface area contributed by atoms with E-state index in [0.29, 0.717) is 30.6 Å². The Morgan fingerprint density at radius 3 is 2.45 bits per heavy atom. The smallest absolute Gasteiger partial charge is 0.326 e. The fourth-order valence-corrected chi connectivity index (χ4v) is 8.17. The number of Topliss-reactive ketones (excluding diaryl/α,β-unsaturated/α-hetero) is 1. The summed E-state index contributed by atoms with van der Waals surface area (Å²) in [5.74, 6) is -1.90. The first-order chi connectivity index (χ1) is 17.8. The van der Waals surface area contributed by atoms with E-state index in [0.717, 1.165) is 44.2 Å². The van der Waals surface area contributed by atoms with Gasteiger partial charge < -0.3 is 25.5 Å². The van der Waals surface area contributed by atoms with Crippen LogP contribution in [0, 0.1) is 28.6 Å². The maximum absolute atomic E-state index is 12.4. The van der Waals surface area contributed by atoms with Crippen molar-refractivity contribution < 1.29 is 39.3 Å². The zero-order valence-electron chi connectivity index (χ0n) is 22.5. The van der Waals surface area contributed by atoms with E-state index < -0.39 is 36.1 Å². The number of nitrogens with zero attached hydrogens (tertiary/aromatic N) is 1. The monoisotopic (exact) mass is 532 g/mol. The summed E-state index contributed by atoms with van der Waals surface area (Å²) in [4.78, 5) is 51.7. The van der Waals surface area contributed by atoms with E-state index >= 15 is 0 Å². The van der Waals surface area contributed by atoms with Crippen molar-refractivity contribution in [1.82, 2.24) is 5.32 Å². The SMILES string of the molecule is CC(=O)[C@]1(O)CC[C@H]2[C@@H]3CCC4=C/C(=N\OCC(=O)N[C@H](CCC(=O)O)C(=O)O)CC[C@]4(C)[C@H]3CC[C@@]21C. The molecule has 0 saturated heterocycles. The fraction of sp³-hybridized carbons (Fsp3) is 0.750. The van der Waals surface area contributed by atoms with E-state index in [4.69, 9.17) is 9.94 Å². The molecule has 210 valence electrons. The Hall–Kier alpha value is -2.75. The summed E-state index contributed by atoms with van der Waals surface area (Å²) in [6, 6.07) is -1.30. The Morgan fingerprint density at radius 1 is 1.08 bits per heavy atom. The molecule has 4 N–H and O–H groups in total. The highest BCUT2D eigenvalue weighted by Gasteiger charge is 2.65. The number of hydrogen-bond acceptors (Lipinski definition) is 7. The molecule has 0 aromatic heterocycles. The second-order valence-corrected chi connectivity index (χ2v) is 12.2. The van der Waals surface area contributed by atoms with Crippen LogP contribution in [-0.2, 0) is 24.0 Å². The van der Waals surface area contributed by atoms with Crippen LogP contribution in [0.3, 0.4) is 0 Å². The molecular formula is C28H40N2O8. The van der Waals surface area contributed by atoms with Crippen molar-refractivity contribution in [2.45, 2.75) is 96.6 Å². The van der Waals surface area contributed by atoms with Gasteiger partial charge in [-0.25, -0.2) is 4.79 Å². The van der Waals surface area contributed by atoms with Gasteiger partial charge in [0.2, 0.25) is 0 Å². The number of nitrogens with one attached hydrogen (secondary N) is 1. The highest BCUT2D eigenvalue weighted by Crippen LogP contribution is 2.67. The van der Waals surface area contributed by atoms with Crippen molar-refractivity contribution in [3.63, 3.8) is 0 Å². The number of amides is 1. The van der Waals surface area contributed by atoms with Crippen molar-refractivity contribution in [2.24, 2.45) is 33.7 Å². The molecular weight excluding hydrogens is 492 g/mol. The molecule has 0 bridgehead atoms. The van der Waals surface area contributed by atoms with Crippen molar-refractivity contribution in [3.05, 3.63) is 11.6 Å². The lowest BCUT2D eigenvalue weighted by Crippen LogP contribution is -2.57. The molecule has 0 radical (unpaired) electrons. The third kappa shape index (κ3) is 4.87. The van der Waals surface area contributed by atoms with Crippen LogP contribution >= 0.6 is 0 Å². The summed E-state index contributed by atoms with van der Waals surface area (Å²) in [6.07, 6.45) is 8.32. The lowest BCUT2D eigenvalue weighted by molar-refractivity contribution is -0.159. The zero-order valence-corrected chi connectivity index (χ0v) is 22.5. The van der Waals surface area contributed by atoms with Crippen LogP contribution in [0.15, 0.2) is 16.8 Å². The molecule has 7 atom stereocenters. The zero-order chi connectivity index (χ0) is 27.9. The van der Waals surface area contributed by atoms with Crippen LogP contribution in [0.4, 0.5) is 0 Å². The summed E-state index contributed by atoms with van der Waals surface area (Å²) in [6.45, 7) is 5.53. The van der Waals surface area contributed by atoms with Gasteiger partial charge in [0.15, 0.2) is 12.4 Å². The Balaban J connectivity index is 1.38. The van der Waals surface area contributed by atoms with Gasteiger partial charge in [-0.3, -0.25) is 14.4 Å². The Labute approximate surface area is 222 Å². The molecule has 0 aromatic carbocycles. The van der Waals surface area contributed by atoms with Crippen LogP contribution in [0.5, 0.6) is 0 Å². The topological polar surface area (TPSA) is 163 Å². The number of carboxylic acid groups (broad SMARTS) is 2. The van der Waals surface area contributed by atoms with Crippen LogP contribution in [-0.4, -0.2) is 62.9 Å². The number of oxime groups is 1. The highest BCUT2D eigenvalue weighted by molar-refractivity contribution is 5.96. The van der Waals surface area contributed by atoms with E-state index in [2.05, 4.69) is 30.4 Å². The van der Waals surface area contributed by atoms with Gasteiger partial charge in [0.25, 0.3) is 5.91 Å². The third-order valence-electron chi connectivity index (χ3n) is 10.4. The molecule has 1 amide bonds. The van der Waals surface area contributed by atoms with Crippen LogP contribution in [0.1, 0.15) is 85.0 Å². The molecule has 0 spiro atoms. The van der Waals surface area contributed by atoms with E-state index in [1.165, 1.54) is 12.5 Å². The number of allylic oxidation sites excluding steroid dienone is 2. The maximum atomic E-state index is 12.4. The minimum Gasteiger partial charge on any atom is -0.481 e. The van der Waals surface area contributed by atoms with Gasteiger partial charge in [-0.2, -0.15) is 0 Å². The Morgan fingerprint density at radius 2 is 1.79 bits per heavy atom. The molecule has 4 aliphatic rings. The van der Waals surface area contributed by atoms with Gasteiger partial charge in [0.1, 0.15) is 11.6 Å². The number of fused-ring (bicyclic) bond motifs is 5. The number of rotatable bonds is 9. The molecule has 0 unspecified atom stereocenters. The van der Waals surface area contributed by atoms with E-state index in [1.807, 2.05) is 0 Å². The number of carbonyl (C=O) groups excluding carboxylic acids is 2. The predicted molar refractivity (Wildman–Crippen MR) is 137 cm³/mol. The van der Waals surface area contributed by atoms with Gasteiger partial charge in [0, 0.05) is 11.8 Å². The number of ketones is 1. The average Bonchev–Trinajstić information content (AvgIpc) is 3.13. The van der Waals surface area contributed by atoms with E-state index in [-0.39, 0.29) is 29.5 Å². The normalized spacial score (nSPS) is 37.7. The van der Waals surface area contributed by atoms with Crippen LogP contribution in [0.25, 0.3) is 0 Å². The molecule has 10 nitrogen and oxygen atoms in total. The quantitative estimate of drug-likeness (QED) is 0.329. The average molecular weight is 533 g/mol. The summed E-state index contributed by atoms with van der Waals surface area (Å²) in [5.41, 5.74) is 0.532.